The standard InChI is InChI=1S/C8H12F3N3O2/c1-13-7(16-2)5(12)3-6(14-4-15)8(9,10)11/h3-4,13H,12H2,1-2H3,(H,14,15)/b6-3-,7-5+. The molecule has 0 atom stereocenters. The van der Waals surface area contributed by atoms with E-state index in [1.54, 1.807) is 0 Å². The molecular weight excluding hydrogens is 227 g/mol. The molecule has 0 rings (SSSR count). The number of halogens is 3. The normalized spacial score (nSPS) is 13.9. The van der Waals surface area contributed by atoms with Gasteiger partial charge in [0.1, 0.15) is 5.70 Å². The first kappa shape index (κ1) is 14.1. The van der Waals surface area contributed by atoms with Gasteiger partial charge in [-0.2, -0.15) is 13.2 Å². The van der Waals surface area contributed by atoms with E-state index in [1.807, 2.05) is 0 Å². The summed E-state index contributed by atoms with van der Waals surface area (Å²) in [5.74, 6) is -0.0329. The topological polar surface area (TPSA) is 76.4 Å². The first-order chi connectivity index (χ1) is 7.36. The number of carbonyl (C=O) groups excluding carboxylic acids is 1. The van der Waals surface area contributed by atoms with Crippen LogP contribution in [0.15, 0.2) is 23.4 Å². The summed E-state index contributed by atoms with van der Waals surface area (Å²) < 4.78 is 41.6. The van der Waals surface area contributed by atoms with E-state index in [9.17, 15) is 18.0 Å². The van der Waals surface area contributed by atoms with Crippen molar-refractivity contribution < 1.29 is 22.7 Å². The maximum atomic E-state index is 12.3. The molecule has 0 heterocycles. The maximum Gasteiger partial charge on any atom is 0.431 e. The molecule has 92 valence electrons. The molecule has 0 saturated carbocycles. The predicted molar refractivity (Wildman–Crippen MR) is 50.6 cm³/mol. The fourth-order valence-corrected chi connectivity index (χ4v) is 0.854. The average Bonchev–Trinajstić information content (AvgIpc) is 2.17. The van der Waals surface area contributed by atoms with Crippen LogP contribution < -0.4 is 16.4 Å². The van der Waals surface area contributed by atoms with Gasteiger partial charge in [-0.1, -0.05) is 0 Å². The Morgan fingerprint density at radius 1 is 1.44 bits per heavy atom. The van der Waals surface area contributed by atoms with Gasteiger partial charge in [-0.05, 0) is 6.08 Å². The molecule has 0 saturated heterocycles. The fraction of sp³-hybridized carbons (Fsp3) is 0.375. The van der Waals surface area contributed by atoms with Crippen LogP contribution in [-0.2, 0) is 9.53 Å². The van der Waals surface area contributed by atoms with Crippen LogP contribution in [0.2, 0.25) is 0 Å². The molecule has 0 aliphatic rings. The lowest BCUT2D eigenvalue weighted by molar-refractivity contribution is -0.116. The van der Waals surface area contributed by atoms with Crippen molar-refractivity contribution in [2.75, 3.05) is 14.2 Å². The van der Waals surface area contributed by atoms with Crippen molar-refractivity contribution in [3.63, 3.8) is 0 Å². The monoisotopic (exact) mass is 239 g/mol. The zero-order chi connectivity index (χ0) is 12.8. The highest BCUT2D eigenvalue weighted by Gasteiger charge is 2.34. The number of carbonyl (C=O) groups is 1. The van der Waals surface area contributed by atoms with Crippen molar-refractivity contribution in [1.29, 1.82) is 0 Å². The van der Waals surface area contributed by atoms with Crippen LogP contribution in [0.3, 0.4) is 0 Å². The number of nitrogens with two attached hydrogens (primary N) is 1. The lowest BCUT2D eigenvalue weighted by atomic mass is 10.3. The lowest BCUT2D eigenvalue weighted by Gasteiger charge is -2.12. The second kappa shape index (κ2) is 5.89. The minimum atomic E-state index is -4.70. The van der Waals surface area contributed by atoms with Crippen LogP contribution in [0.5, 0.6) is 0 Å². The molecule has 0 aromatic carbocycles. The summed E-state index contributed by atoms with van der Waals surface area (Å²) in [6.45, 7) is 0. The highest BCUT2D eigenvalue weighted by molar-refractivity contribution is 5.51. The molecule has 0 radical (unpaired) electrons. The molecule has 1 amide bonds. The molecule has 0 aliphatic carbocycles. The lowest BCUT2D eigenvalue weighted by Crippen LogP contribution is -2.26. The number of nitrogens with one attached hydrogen (secondary N) is 2. The van der Waals surface area contributed by atoms with Crippen molar-refractivity contribution in [3.05, 3.63) is 23.4 Å². The van der Waals surface area contributed by atoms with E-state index in [2.05, 4.69) is 10.1 Å². The van der Waals surface area contributed by atoms with Gasteiger partial charge in [0.25, 0.3) is 0 Å². The largest absolute Gasteiger partial charge is 0.481 e. The Hall–Kier alpha value is -1.86. The smallest absolute Gasteiger partial charge is 0.431 e. The first-order valence-corrected chi connectivity index (χ1v) is 4.07. The number of hydrogen-bond donors (Lipinski definition) is 3. The Morgan fingerprint density at radius 2 is 2.00 bits per heavy atom. The molecular formula is C8H12F3N3O2. The summed E-state index contributed by atoms with van der Waals surface area (Å²) >= 11 is 0. The minimum absolute atomic E-state index is 0.0329. The Kier molecular flexibility index (Phi) is 5.20. The maximum absolute atomic E-state index is 12.3. The number of allylic oxidation sites excluding steroid dienone is 2. The number of hydrogen-bond acceptors (Lipinski definition) is 4. The molecule has 16 heavy (non-hydrogen) atoms. The van der Waals surface area contributed by atoms with Gasteiger partial charge in [0.05, 0.1) is 12.8 Å². The van der Waals surface area contributed by atoms with Crippen molar-refractivity contribution in [3.8, 4) is 0 Å². The Labute approximate surface area is 90.1 Å². The van der Waals surface area contributed by atoms with Crippen molar-refractivity contribution >= 4 is 6.41 Å². The van der Waals surface area contributed by atoms with Gasteiger partial charge >= 0.3 is 6.18 Å². The van der Waals surface area contributed by atoms with Crippen LogP contribution >= 0.6 is 0 Å². The highest BCUT2D eigenvalue weighted by atomic mass is 19.4. The van der Waals surface area contributed by atoms with Gasteiger partial charge in [-0.15, -0.1) is 0 Å². The van der Waals surface area contributed by atoms with Crippen molar-refractivity contribution in [1.82, 2.24) is 10.6 Å². The van der Waals surface area contributed by atoms with Crippen molar-refractivity contribution in [2.24, 2.45) is 5.73 Å². The number of methoxy groups -OCH3 is 1. The summed E-state index contributed by atoms with van der Waals surface area (Å²) in [5.41, 5.74) is 3.77. The minimum Gasteiger partial charge on any atom is -0.481 e. The van der Waals surface area contributed by atoms with E-state index in [0.29, 0.717) is 6.08 Å². The zero-order valence-electron chi connectivity index (χ0n) is 8.68. The first-order valence-electron chi connectivity index (χ1n) is 4.07. The van der Waals surface area contributed by atoms with Crippen LogP contribution in [-0.4, -0.2) is 26.7 Å². The average molecular weight is 239 g/mol. The van der Waals surface area contributed by atoms with Crippen LogP contribution in [0.25, 0.3) is 0 Å². The molecule has 0 aliphatic heterocycles. The van der Waals surface area contributed by atoms with Crippen LogP contribution in [0, 0.1) is 0 Å². The van der Waals surface area contributed by atoms with Gasteiger partial charge in [0, 0.05) is 7.05 Å². The van der Waals surface area contributed by atoms with Gasteiger partial charge in [-0.3, -0.25) is 4.79 Å². The molecule has 0 bridgehead atoms. The van der Waals surface area contributed by atoms with Crippen molar-refractivity contribution in [2.45, 2.75) is 6.18 Å². The molecule has 8 heteroatoms. The number of rotatable bonds is 5. The quantitative estimate of drug-likeness (QED) is 0.363. The second-order valence-electron chi connectivity index (χ2n) is 2.56. The van der Waals surface area contributed by atoms with E-state index in [1.165, 1.54) is 19.5 Å². The molecule has 0 fully saturated rings. The third-order valence-electron chi connectivity index (χ3n) is 1.51. The van der Waals surface area contributed by atoms with Crippen LogP contribution in [0.1, 0.15) is 0 Å². The van der Waals surface area contributed by atoms with Crippen LogP contribution in [0.4, 0.5) is 13.2 Å². The Morgan fingerprint density at radius 3 is 2.31 bits per heavy atom. The Balaban J connectivity index is 5.21. The molecule has 0 aromatic heterocycles. The van der Waals surface area contributed by atoms with Gasteiger partial charge in [0.15, 0.2) is 0 Å². The van der Waals surface area contributed by atoms with Gasteiger partial charge in [0.2, 0.25) is 12.3 Å². The molecule has 5 nitrogen and oxygen atoms in total. The van der Waals surface area contributed by atoms with E-state index in [4.69, 9.17) is 5.73 Å². The summed E-state index contributed by atoms with van der Waals surface area (Å²) in [6.07, 6.45) is -4.22. The predicted octanol–water partition coefficient (Wildman–Crippen LogP) is 0.172. The fourth-order valence-electron chi connectivity index (χ4n) is 0.854. The van der Waals surface area contributed by atoms with E-state index in [-0.39, 0.29) is 18.0 Å². The van der Waals surface area contributed by atoms with Gasteiger partial charge in [-0.25, -0.2) is 0 Å². The highest BCUT2D eigenvalue weighted by Crippen LogP contribution is 2.23. The molecule has 0 spiro atoms. The molecule has 4 N–H and O–H groups in total. The summed E-state index contributed by atoms with van der Waals surface area (Å²) in [7, 11) is 2.67. The SMILES string of the molecule is CN/C(OC)=C(N)/C=C(\NC=O)C(F)(F)F. The van der Waals surface area contributed by atoms with E-state index >= 15 is 0 Å². The zero-order valence-corrected chi connectivity index (χ0v) is 8.68. The number of amides is 1. The molecule has 0 unspecified atom stereocenters. The summed E-state index contributed by atoms with van der Waals surface area (Å²) in [5, 5.41) is 3.97. The third kappa shape index (κ3) is 4.11. The van der Waals surface area contributed by atoms with Gasteiger partial charge < -0.3 is 21.1 Å². The molecule has 0 aromatic rings. The van der Waals surface area contributed by atoms with E-state index in [0.717, 1.165) is 0 Å². The number of alkyl halides is 3. The van der Waals surface area contributed by atoms with E-state index < -0.39 is 11.9 Å². The summed E-state index contributed by atoms with van der Waals surface area (Å²) in [4.78, 5) is 10.00. The summed E-state index contributed by atoms with van der Waals surface area (Å²) in [6, 6.07) is 0. The Bertz CT molecular complexity index is 304. The third-order valence-corrected chi connectivity index (χ3v) is 1.51. The second-order valence-corrected chi connectivity index (χ2v) is 2.56. The number of ether oxygens (including phenoxy) is 1.